The van der Waals surface area contributed by atoms with Gasteiger partial charge in [0.05, 0.1) is 13.1 Å². The number of carbonyl (C=O) groups is 3. The topological polar surface area (TPSA) is 90.0 Å². The van der Waals surface area contributed by atoms with Gasteiger partial charge < -0.3 is 15.3 Å². The van der Waals surface area contributed by atoms with Crippen molar-refractivity contribution >= 4 is 17.8 Å². The van der Waals surface area contributed by atoms with Gasteiger partial charge in [-0.15, -0.1) is 0 Å². The Hall–Kier alpha value is -2.41. The molecule has 1 aromatic carbocycles. The van der Waals surface area contributed by atoms with E-state index in [0.29, 0.717) is 26.1 Å². The fourth-order valence-corrected chi connectivity index (χ4v) is 3.49. The Labute approximate surface area is 166 Å². The van der Waals surface area contributed by atoms with Gasteiger partial charge in [0.25, 0.3) is 0 Å². The van der Waals surface area contributed by atoms with Crippen LogP contribution in [0.25, 0.3) is 0 Å². The SMILES string of the molecule is CCCN(CC(=O)O)CC(=O)N1CCC(NC(=O)CCc2ccccc2)CC1. The number of carboxylic acid groups (broad SMARTS) is 1. The summed E-state index contributed by atoms with van der Waals surface area (Å²) in [5.74, 6) is -0.911. The number of nitrogens with one attached hydrogen (secondary N) is 1. The monoisotopic (exact) mass is 389 g/mol. The molecule has 28 heavy (non-hydrogen) atoms. The van der Waals surface area contributed by atoms with Crippen LogP contribution in [-0.4, -0.2) is 71.5 Å². The molecule has 154 valence electrons. The lowest BCUT2D eigenvalue weighted by Crippen LogP contribution is -2.49. The normalized spacial score (nSPS) is 14.9. The third kappa shape index (κ3) is 7.68. The molecule has 2 N–H and O–H groups in total. The number of piperidine rings is 1. The minimum atomic E-state index is -0.918. The van der Waals surface area contributed by atoms with Gasteiger partial charge >= 0.3 is 5.97 Å². The minimum Gasteiger partial charge on any atom is -0.480 e. The van der Waals surface area contributed by atoms with E-state index in [1.54, 1.807) is 9.80 Å². The predicted molar refractivity (Wildman–Crippen MR) is 107 cm³/mol. The van der Waals surface area contributed by atoms with Crippen LogP contribution in [0.1, 0.15) is 38.2 Å². The van der Waals surface area contributed by atoms with Crippen LogP contribution in [0.4, 0.5) is 0 Å². The summed E-state index contributed by atoms with van der Waals surface area (Å²) < 4.78 is 0. The number of amides is 2. The highest BCUT2D eigenvalue weighted by Gasteiger charge is 2.25. The Morgan fingerprint density at radius 3 is 2.43 bits per heavy atom. The number of hydrogen-bond donors (Lipinski definition) is 2. The Bertz CT molecular complexity index is 642. The molecule has 2 rings (SSSR count). The average Bonchev–Trinajstić information content (AvgIpc) is 2.67. The second-order valence-corrected chi connectivity index (χ2v) is 7.31. The lowest BCUT2D eigenvalue weighted by atomic mass is 10.0. The smallest absolute Gasteiger partial charge is 0.317 e. The van der Waals surface area contributed by atoms with E-state index in [1.165, 1.54) is 0 Å². The molecule has 0 atom stereocenters. The van der Waals surface area contributed by atoms with Crippen molar-refractivity contribution in [1.82, 2.24) is 15.1 Å². The van der Waals surface area contributed by atoms with Crippen molar-refractivity contribution in [3.05, 3.63) is 35.9 Å². The van der Waals surface area contributed by atoms with Crippen molar-refractivity contribution in [2.75, 3.05) is 32.7 Å². The lowest BCUT2D eigenvalue weighted by Gasteiger charge is -2.33. The number of aliphatic carboxylic acids is 1. The van der Waals surface area contributed by atoms with Gasteiger partial charge in [0.15, 0.2) is 0 Å². The van der Waals surface area contributed by atoms with E-state index in [0.717, 1.165) is 31.2 Å². The quantitative estimate of drug-likeness (QED) is 0.633. The molecule has 2 amide bonds. The number of nitrogens with zero attached hydrogens (tertiary/aromatic N) is 2. The summed E-state index contributed by atoms with van der Waals surface area (Å²) in [6, 6.07) is 10.0. The number of likely N-dealkylation sites (tertiary alicyclic amines) is 1. The van der Waals surface area contributed by atoms with Gasteiger partial charge in [-0.05, 0) is 37.8 Å². The molecule has 0 saturated carbocycles. The molecule has 0 unspecified atom stereocenters. The fraction of sp³-hybridized carbons (Fsp3) is 0.571. The third-order valence-corrected chi connectivity index (χ3v) is 4.95. The van der Waals surface area contributed by atoms with Crippen LogP contribution < -0.4 is 5.32 Å². The maximum absolute atomic E-state index is 12.5. The Morgan fingerprint density at radius 1 is 1.14 bits per heavy atom. The summed E-state index contributed by atoms with van der Waals surface area (Å²) in [5.41, 5.74) is 1.15. The van der Waals surface area contributed by atoms with E-state index >= 15 is 0 Å². The zero-order valence-electron chi connectivity index (χ0n) is 16.6. The number of carbonyl (C=O) groups excluding carboxylic acids is 2. The van der Waals surface area contributed by atoms with Crippen LogP contribution in [0.2, 0.25) is 0 Å². The first kappa shape index (κ1) is 21.9. The van der Waals surface area contributed by atoms with E-state index in [-0.39, 0.29) is 30.9 Å². The highest BCUT2D eigenvalue weighted by molar-refractivity contribution is 5.79. The van der Waals surface area contributed by atoms with Gasteiger partial charge in [0, 0.05) is 25.6 Å². The molecule has 1 aliphatic heterocycles. The molecular formula is C21H31N3O4. The summed E-state index contributed by atoms with van der Waals surface area (Å²) in [4.78, 5) is 39.0. The van der Waals surface area contributed by atoms with E-state index in [2.05, 4.69) is 5.32 Å². The summed E-state index contributed by atoms with van der Waals surface area (Å²) in [6.45, 7) is 3.75. The number of rotatable bonds is 10. The summed E-state index contributed by atoms with van der Waals surface area (Å²) in [5, 5.41) is 12.0. The van der Waals surface area contributed by atoms with E-state index in [1.807, 2.05) is 37.3 Å². The van der Waals surface area contributed by atoms with E-state index < -0.39 is 5.97 Å². The van der Waals surface area contributed by atoms with Gasteiger partial charge in [0.1, 0.15) is 0 Å². The molecule has 0 bridgehead atoms. The van der Waals surface area contributed by atoms with Gasteiger partial charge in [-0.1, -0.05) is 37.3 Å². The van der Waals surface area contributed by atoms with E-state index in [4.69, 9.17) is 5.11 Å². The summed E-state index contributed by atoms with van der Waals surface area (Å²) in [6.07, 6.45) is 3.45. The number of carboxylic acids is 1. The van der Waals surface area contributed by atoms with Gasteiger partial charge in [-0.25, -0.2) is 0 Å². The molecule has 7 heteroatoms. The molecule has 0 aromatic heterocycles. The molecule has 0 spiro atoms. The van der Waals surface area contributed by atoms with Crippen molar-refractivity contribution in [2.24, 2.45) is 0 Å². The summed E-state index contributed by atoms with van der Waals surface area (Å²) >= 11 is 0. The van der Waals surface area contributed by atoms with E-state index in [9.17, 15) is 14.4 Å². The summed E-state index contributed by atoms with van der Waals surface area (Å²) in [7, 11) is 0. The van der Waals surface area contributed by atoms with Gasteiger partial charge in [-0.2, -0.15) is 0 Å². The maximum atomic E-state index is 12.5. The second kappa shape index (κ2) is 11.4. The Balaban J connectivity index is 1.70. The highest BCUT2D eigenvalue weighted by atomic mass is 16.4. The molecule has 7 nitrogen and oxygen atoms in total. The lowest BCUT2D eigenvalue weighted by molar-refractivity contribution is -0.140. The molecule has 0 aliphatic carbocycles. The standard InChI is InChI=1S/C21H31N3O4/c1-2-12-23(16-21(27)28)15-20(26)24-13-10-18(11-14-24)22-19(25)9-8-17-6-4-3-5-7-17/h3-7,18H,2,8-16H2,1H3,(H,22,25)(H,27,28). The van der Waals surface area contributed by atoms with Gasteiger partial charge in [-0.3, -0.25) is 19.3 Å². The van der Waals surface area contributed by atoms with Crippen molar-refractivity contribution in [3.8, 4) is 0 Å². The number of aryl methyl sites for hydroxylation is 1. The fourth-order valence-electron chi connectivity index (χ4n) is 3.49. The van der Waals surface area contributed by atoms with Crippen LogP contribution >= 0.6 is 0 Å². The second-order valence-electron chi connectivity index (χ2n) is 7.31. The Kier molecular flexibility index (Phi) is 8.94. The molecule has 0 radical (unpaired) electrons. The first-order valence-corrected chi connectivity index (χ1v) is 10.0. The predicted octanol–water partition coefficient (Wildman–Crippen LogP) is 1.52. The molecule has 1 aliphatic rings. The highest BCUT2D eigenvalue weighted by Crippen LogP contribution is 2.12. The van der Waals surface area contributed by atoms with Crippen LogP contribution in [0.5, 0.6) is 0 Å². The number of benzene rings is 1. The van der Waals surface area contributed by atoms with Crippen molar-refractivity contribution in [1.29, 1.82) is 0 Å². The third-order valence-electron chi connectivity index (χ3n) is 4.95. The van der Waals surface area contributed by atoms with Crippen molar-refractivity contribution < 1.29 is 19.5 Å². The zero-order chi connectivity index (χ0) is 20.4. The van der Waals surface area contributed by atoms with Crippen molar-refractivity contribution in [2.45, 2.75) is 45.1 Å². The molecule has 1 aromatic rings. The van der Waals surface area contributed by atoms with Gasteiger partial charge in [0.2, 0.25) is 11.8 Å². The van der Waals surface area contributed by atoms with Crippen molar-refractivity contribution in [3.63, 3.8) is 0 Å². The average molecular weight is 389 g/mol. The Morgan fingerprint density at radius 2 is 1.82 bits per heavy atom. The number of hydrogen-bond acceptors (Lipinski definition) is 4. The van der Waals surface area contributed by atoms with Crippen LogP contribution in [0.15, 0.2) is 30.3 Å². The molecule has 1 fully saturated rings. The molecule has 1 saturated heterocycles. The van der Waals surface area contributed by atoms with Crippen LogP contribution in [0, 0.1) is 0 Å². The first-order valence-electron chi connectivity index (χ1n) is 10.0. The molecule has 1 heterocycles. The minimum absolute atomic E-state index is 0.0384. The maximum Gasteiger partial charge on any atom is 0.317 e. The van der Waals surface area contributed by atoms with Crippen LogP contribution in [0.3, 0.4) is 0 Å². The van der Waals surface area contributed by atoms with Crippen LogP contribution in [-0.2, 0) is 20.8 Å². The zero-order valence-corrected chi connectivity index (χ0v) is 16.6. The largest absolute Gasteiger partial charge is 0.480 e. The molecular weight excluding hydrogens is 358 g/mol. The first-order chi connectivity index (χ1) is 13.5.